The molecule has 0 unspecified atom stereocenters. The van der Waals surface area contributed by atoms with Gasteiger partial charge in [0.25, 0.3) is 0 Å². The number of hydrogen-bond acceptors (Lipinski definition) is 4. The molecule has 0 aromatic carbocycles. The molecular weight excluding hydrogens is 236 g/mol. The third-order valence-corrected chi connectivity index (χ3v) is 3.16. The number of anilines is 2. The summed E-state index contributed by atoms with van der Waals surface area (Å²) in [5.74, 6) is 1.09. The van der Waals surface area contributed by atoms with Gasteiger partial charge in [-0.25, -0.2) is 4.98 Å². The van der Waals surface area contributed by atoms with Gasteiger partial charge in [-0.2, -0.15) is 0 Å². The fourth-order valence-corrected chi connectivity index (χ4v) is 2.39. The first-order valence-corrected chi connectivity index (χ1v) is 7.62. The molecule has 2 aliphatic heterocycles. The minimum atomic E-state index is 1.03. The third-order valence-electron chi connectivity index (χ3n) is 3.16. The second-order valence-corrected chi connectivity index (χ2v) is 4.07. The minimum absolute atomic E-state index is 1.03. The normalized spacial score (nSPS) is 16.3. The van der Waals surface area contributed by atoms with E-state index in [1.807, 2.05) is 33.9 Å². The SMILES string of the molecule is CC.CC.c1cc(N2CCNCC2)c2c(n1)NCC2. The number of aromatic nitrogens is 1. The van der Waals surface area contributed by atoms with Gasteiger partial charge >= 0.3 is 0 Å². The van der Waals surface area contributed by atoms with Crippen molar-refractivity contribution in [3.63, 3.8) is 0 Å². The summed E-state index contributed by atoms with van der Waals surface area (Å²) in [5.41, 5.74) is 2.78. The summed E-state index contributed by atoms with van der Waals surface area (Å²) in [5, 5.41) is 6.71. The number of rotatable bonds is 1. The highest BCUT2D eigenvalue weighted by atomic mass is 15.2. The van der Waals surface area contributed by atoms with Crippen molar-refractivity contribution in [3.05, 3.63) is 17.8 Å². The fraction of sp³-hybridized carbons (Fsp3) is 0.667. The van der Waals surface area contributed by atoms with Gasteiger partial charge in [-0.05, 0) is 12.5 Å². The lowest BCUT2D eigenvalue weighted by molar-refractivity contribution is 0.588. The maximum Gasteiger partial charge on any atom is 0.131 e. The molecule has 0 saturated carbocycles. The van der Waals surface area contributed by atoms with Crippen LogP contribution in [0.2, 0.25) is 0 Å². The highest BCUT2D eigenvalue weighted by Crippen LogP contribution is 2.29. The first-order chi connectivity index (χ1) is 9.45. The second kappa shape index (κ2) is 8.75. The topological polar surface area (TPSA) is 40.2 Å². The summed E-state index contributed by atoms with van der Waals surface area (Å²) in [6.45, 7) is 13.4. The predicted molar refractivity (Wildman–Crippen MR) is 84.2 cm³/mol. The number of nitrogens with one attached hydrogen (secondary N) is 2. The molecule has 1 saturated heterocycles. The number of piperazine rings is 1. The van der Waals surface area contributed by atoms with E-state index in [9.17, 15) is 0 Å². The Hall–Kier alpha value is -1.29. The van der Waals surface area contributed by atoms with Crippen LogP contribution in [0, 0.1) is 0 Å². The number of nitrogens with zero attached hydrogens (tertiary/aromatic N) is 2. The molecule has 2 N–H and O–H groups in total. The van der Waals surface area contributed by atoms with Gasteiger partial charge in [0, 0.05) is 50.2 Å². The van der Waals surface area contributed by atoms with Crippen molar-refractivity contribution in [1.82, 2.24) is 10.3 Å². The second-order valence-electron chi connectivity index (χ2n) is 4.07. The van der Waals surface area contributed by atoms with Crippen LogP contribution in [0.25, 0.3) is 0 Å². The van der Waals surface area contributed by atoms with Gasteiger partial charge in [0.05, 0.1) is 0 Å². The highest BCUT2D eigenvalue weighted by molar-refractivity contribution is 5.65. The Bertz CT molecular complexity index is 359. The average Bonchev–Trinajstić information content (AvgIpc) is 3.00. The molecule has 0 spiro atoms. The van der Waals surface area contributed by atoms with Crippen LogP contribution < -0.4 is 15.5 Å². The molecule has 1 aromatic heterocycles. The van der Waals surface area contributed by atoms with E-state index in [1.165, 1.54) is 11.3 Å². The Morgan fingerprint density at radius 3 is 2.42 bits per heavy atom. The largest absolute Gasteiger partial charge is 0.369 e. The zero-order chi connectivity index (χ0) is 14.1. The maximum atomic E-state index is 4.36. The Labute approximate surface area is 117 Å². The lowest BCUT2D eigenvalue weighted by atomic mass is 10.1. The molecule has 0 radical (unpaired) electrons. The van der Waals surface area contributed by atoms with Crippen LogP contribution >= 0.6 is 0 Å². The van der Waals surface area contributed by atoms with E-state index in [-0.39, 0.29) is 0 Å². The molecule has 3 heterocycles. The molecule has 1 fully saturated rings. The number of hydrogen-bond donors (Lipinski definition) is 2. The smallest absolute Gasteiger partial charge is 0.131 e. The molecule has 19 heavy (non-hydrogen) atoms. The quantitative estimate of drug-likeness (QED) is 0.817. The lowest BCUT2D eigenvalue weighted by Gasteiger charge is -2.30. The van der Waals surface area contributed by atoms with Crippen LogP contribution in [-0.4, -0.2) is 37.7 Å². The zero-order valence-electron chi connectivity index (χ0n) is 12.8. The predicted octanol–water partition coefficient (Wildman–Crippen LogP) is 2.51. The van der Waals surface area contributed by atoms with Crippen LogP contribution in [0.4, 0.5) is 11.5 Å². The van der Waals surface area contributed by atoms with Crippen LogP contribution in [0.3, 0.4) is 0 Å². The molecule has 1 aromatic rings. The molecule has 0 atom stereocenters. The first-order valence-electron chi connectivity index (χ1n) is 7.62. The van der Waals surface area contributed by atoms with Crippen LogP contribution in [0.15, 0.2) is 12.3 Å². The molecule has 0 amide bonds. The van der Waals surface area contributed by atoms with Crippen LogP contribution in [-0.2, 0) is 6.42 Å². The van der Waals surface area contributed by atoms with E-state index < -0.39 is 0 Å². The number of fused-ring (bicyclic) bond motifs is 1. The van der Waals surface area contributed by atoms with Crippen molar-refractivity contribution < 1.29 is 0 Å². The molecule has 108 valence electrons. The van der Waals surface area contributed by atoms with Crippen molar-refractivity contribution in [2.45, 2.75) is 34.1 Å². The van der Waals surface area contributed by atoms with Gasteiger partial charge in [0.15, 0.2) is 0 Å². The van der Waals surface area contributed by atoms with Crippen LogP contribution in [0.1, 0.15) is 33.3 Å². The van der Waals surface area contributed by atoms with E-state index in [2.05, 4.69) is 26.6 Å². The molecule has 3 rings (SSSR count). The fourth-order valence-electron chi connectivity index (χ4n) is 2.39. The Morgan fingerprint density at radius 1 is 1.05 bits per heavy atom. The highest BCUT2D eigenvalue weighted by Gasteiger charge is 2.20. The lowest BCUT2D eigenvalue weighted by Crippen LogP contribution is -2.43. The monoisotopic (exact) mass is 264 g/mol. The molecule has 2 aliphatic rings. The molecule has 4 heteroatoms. The minimum Gasteiger partial charge on any atom is -0.369 e. The summed E-state index contributed by atoms with van der Waals surface area (Å²) >= 11 is 0. The summed E-state index contributed by atoms with van der Waals surface area (Å²) in [6, 6.07) is 2.15. The van der Waals surface area contributed by atoms with Crippen molar-refractivity contribution in [2.75, 3.05) is 42.9 Å². The van der Waals surface area contributed by atoms with E-state index in [4.69, 9.17) is 0 Å². The summed E-state index contributed by atoms with van der Waals surface area (Å²) in [6.07, 6.45) is 3.02. The molecule has 0 aliphatic carbocycles. The van der Waals surface area contributed by atoms with Crippen molar-refractivity contribution in [2.24, 2.45) is 0 Å². The van der Waals surface area contributed by atoms with E-state index in [0.717, 1.165) is 45.0 Å². The maximum absolute atomic E-state index is 4.36. The van der Waals surface area contributed by atoms with Gasteiger partial charge in [0.2, 0.25) is 0 Å². The van der Waals surface area contributed by atoms with E-state index >= 15 is 0 Å². The average molecular weight is 264 g/mol. The van der Waals surface area contributed by atoms with E-state index in [1.54, 1.807) is 0 Å². The summed E-state index contributed by atoms with van der Waals surface area (Å²) < 4.78 is 0. The number of pyridine rings is 1. The Balaban J connectivity index is 0.000000415. The van der Waals surface area contributed by atoms with Gasteiger partial charge in [0.1, 0.15) is 5.82 Å². The molecule has 4 nitrogen and oxygen atoms in total. The van der Waals surface area contributed by atoms with Crippen molar-refractivity contribution in [3.8, 4) is 0 Å². The van der Waals surface area contributed by atoms with Crippen molar-refractivity contribution in [1.29, 1.82) is 0 Å². The summed E-state index contributed by atoms with van der Waals surface area (Å²) in [7, 11) is 0. The van der Waals surface area contributed by atoms with Gasteiger partial charge in [-0.3, -0.25) is 0 Å². The van der Waals surface area contributed by atoms with Gasteiger partial charge < -0.3 is 15.5 Å². The van der Waals surface area contributed by atoms with Crippen LogP contribution in [0.5, 0.6) is 0 Å². The standard InChI is InChI=1S/C11H16N4.2C2H6/c1-3-13-11-9(1)10(2-4-14-11)15-7-5-12-6-8-15;2*1-2/h2,4,12H,1,3,5-8H2,(H,13,14);2*1-2H3. The first kappa shape index (κ1) is 15.8. The Morgan fingerprint density at radius 2 is 1.74 bits per heavy atom. The third kappa shape index (κ3) is 3.83. The summed E-state index contributed by atoms with van der Waals surface area (Å²) in [4.78, 5) is 6.82. The van der Waals surface area contributed by atoms with Gasteiger partial charge in [-0.15, -0.1) is 0 Å². The van der Waals surface area contributed by atoms with Gasteiger partial charge in [-0.1, -0.05) is 27.7 Å². The van der Waals surface area contributed by atoms with Crippen molar-refractivity contribution >= 4 is 11.5 Å². The molecule has 0 bridgehead atoms. The Kier molecular flexibility index (Phi) is 7.26. The molecular formula is C15H28N4. The van der Waals surface area contributed by atoms with E-state index in [0.29, 0.717) is 0 Å². The zero-order valence-corrected chi connectivity index (χ0v) is 12.8.